The van der Waals surface area contributed by atoms with Gasteiger partial charge in [-0.3, -0.25) is 4.90 Å². The second-order valence-electron chi connectivity index (χ2n) is 6.39. The maximum absolute atomic E-state index is 5.51. The van der Waals surface area contributed by atoms with Gasteiger partial charge in [-0.25, -0.2) is 0 Å². The second-order valence-corrected chi connectivity index (χ2v) is 6.39. The first-order valence-corrected chi connectivity index (χ1v) is 8.39. The Morgan fingerprint density at radius 2 is 1.90 bits per heavy atom. The summed E-state index contributed by atoms with van der Waals surface area (Å²) in [4.78, 5) is 2.71. The van der Waals surface area contributed by atoms with Crippen molar-refractivity contribution in [3.63, 3.8) is 0 Å². The number of rotatable bonds is 3. The predicted molar refractivity (Wildman–Crippen MR) is 87.8 cm³/mol. The van der Waals surface area contributed by atoms with Crippen molar-refractivity contribution in [2.45, 2.75) is 51.1 Å². The van der Waals surface area contributed by atoms with Gasteiger partial charge in [-0.2, -0.15) is 0 Å². The molecular formula is C19H26N2. The smallest absolute Gasteiger partial charge is 0.0555 e. The van der Waals surface area contributed by atoms with Gasteiger partial charge in [0.15, 0.2) is 0 Å². The van der Waals surface area contributed by atoms with E-state index in [0.29, 0.717) is 6.54 Å². The maximum Gasteiger partial charge on any atom is 0.0555 e. The molecule has 1 aliphatic carbocycles. The number of hydrogen-bond donors (Lipinski definition) is 1. The molecule has 0 bridgehead atoms. The van der Waals surface area contributed by atoms with E-state index in [9.17, 15) is 0 Å². The first-order valence-electron chi connectivity index (χ1n) is 8.39. The highest BCUT2D eigenvalue weighted by molar-refractivity contribution is 5.41. The largest absolute Gasteiger partial charge is 0.320 e. The van der Waals surface area contributed by atoms with Gasteiger partial charge in [0.1, 0.15) is 0 Å². The lowest BCUT2D eigenvalue weighted by molar-refractivity contribution is 0.183. The van der Waals surface area contributed by atoms with Crippen molar-refractivity contribution in [2.75, 3.05) is 13.1 Å². The molecule has 1 heterocycles. The third-order valence-corrected chi connectivity index (χ3v) is 5.07. The van der Waals surface area contributed by atoms with Crippen LogP contribution >= 0.6 is 0 Å². The van der Waals surface area contributed by atoms with Crippen LogP contribution in [0.3, 0.4) is 0 Å². The molecular weight excluding hydrogens is 256 g/mol. The summed E-state index contributed by atoms with van der Waals surface area (Å²) in [6.07, 6.45) is 8.51. The van der Waals surface area contributed by atoms with E-state index in [0.717, 1.165) is 24.1 Å². The van der Waals surface area contributed by atoms with Crippen LogP contribution in [0.25, 0.3) is 0 Å². The molecule has 1 aromatic carbocycles. The van der Waals surface area contributed by atoms with Crippen LogP contribution in [-0.2, 0) is 6.54 Å². The Kier molecular flexibility index (Phi) is 4.95. The summed E-state index contributed by atoms with van der Waals surface area (Å²) in [6, 6.07) is 9.36. The summed E-state index contributed by atoms with van der Waals surface area (Å²) in [5.74, 6) is 7.16. The molecule has 2 nitrogen and oxygen atoms in total. The maximum atomic E-state index is 5.51. The van der Waals surface area contributed by atoms with Crippen molar-refractivity contribution in [2.24, 2.45) is 11.7 Å². The zero-order chi connectivity index (χ0) is 14.5. The van der Waals surface area contributed by atoms with Crippen molar-refractivity contribution in [3.8, 4) is 11.8 Å². The van der Waals surface area contributed by atoms with E-state index < -0.39 is 0 Å². The Morgan fingerprint density at radius 3 is 2.71 bits per heavy atom. The zero-order valence-corrected chi connectivity index (χ0v) is 12.9. The van der Waals surface area contributed by atoms with Crippen LogP contribution < -0.4 is 5.73 Å². The van der Waals surface area contributed by atoms with E-state index in [4.69, 9.17) is 5.73 Å². The lowest BCUT2D eigenvalue weighted by Gasteiger charge is -2.29. The molecule has 2 fully saturated rings. The Bertz CT molecular complexity index is 520. The van der Waals surface area contributed by atoms with Gasteiger partial charge in [-0.15, -0.1) is 0 Å². The molecule has 1 atom stereocenters. The molecule has 112 valence electrons. The summed E-state index contributed by atoms with van der Waals surface area (Å²) in [5, 5.41) is 0. The van der Waals surface area contributed by atoms with Crippen molar-refractivity contribution in [1.29, 1.82) is 0 Å². The van der Waals surface area contributed by atoms with Crippen LogP contribution in [0.2, 0.25) is 0 Å². The van der Waals surface area contributed by atoms with Crippen molar-refractivity contribution in [3.05, 3.63) is 35.4 Å². The van der Waals surface area contributed by atoms with Crippen LogP contribution in [0.1, 0.15) is 49.7 Å². The van der Waals surface area contributed by atoms with Gasteiger partial charge in [-0.1, -0.05) is 42.9 Å². The molecule has 0 aromatic heterocycles. The van der Waals surface area contributed by atoms with Gasteiger partial charge in [0.25, 0.3) is 0 Å². The van der Waals surface area contributed by atoms with E-state index in [1.807, 2.05) is 0 Å². The van der Waals surface area contributed by atoms with Crippen molar-refractivity contribution in [1.82, 2.24) is 4.90 Å². The average molecular weight is 282 g/mol. The molecule has 21 heavy (non-hydrogen) atoms. The topological polar surface area (TPSA) is 29.3 Å². The summed E-state index contributed by atoms with van der Waals surface area (Å²) in [6.45, 7) is 2.74. The van der Waals surface area contributed by atoms with Crippen LogP contribution in [-0.4, -0.2) is 24.0 Å². The summed E-state index contributed by atoms with van der Waals surface area (Å²) in [7, 11) is 0. The quantitative estimate of drug-likeness (QED) is 0.863. The Labute approximate surface area is 128 Å². The minimum absolute atomic E-state index is 0.433. The molecule has 0 spiro atoms. The number of nitrogens with zero attached hydrogens (tertiary/aromatic N) is 1. The highest BCUT2D eigenvalue weighted by Gasteiger charge is 2.33. The van der Waals surface area contributed by atoms with E-state index in [1.165, 1.54) is 50.6 Å². The van der Waals surface area contributed by atoms with Gasteiger partial charge in [0.2, 0.25) is 0 Å². The van der Waals surface area contributed by atoms with Crippen LogP contribution in [0.15, 0.2) is 24.3 Å². The summed E-state index contributed by atoms with van der Waals surface area (Å²) in [5.41, 5.74) is 8.03. The van der Waals surface area contributed by atoms with Gasteiger partial charge < -0.3 is 5.73 Å². The lowest BCUT2D eigenvalue weighted by Crippen LogP contribution is -2.34. The van der Waals surface area contributed by atoms with Gasteiger partial charge >= 0.3 is 0 Å². The first kappa shape index (κ1) is 14.6. The standard InChI is InChI=1S/C19H26N2/c20-13-5-11-16-7-1-4-10-18(16)15-21-14-6-12-19(21)17-8-2-3-9-17/h1,4,7,10,17,19H,2-3,6,8-9,12-15,20H2. The minimum atomic E-state index is 0.433. The fourth-order valence-corrected chi connectivity index (χ4v) is 4.07. The first-order chi connectivity index (χ1) is 10.4. The highest BCUT2D eigenvalue weighted by Crippen LogP contribution is 2.36. The molecule has 0 radical (unpaired) electrons. The number of nitrogens with two attached hydrogens (primary N) is 1. The predicted octanol–water partition coefficient (Wildman–Crippen LogP) is 3.15. The lowest BCUT2D eigenvalue weighted by atomic mass is 9.95. The molecule has 1 unspecified atom stereocenters. The normalized spacial score (nSPS) is 23.2. The average Bonchev–Trinajstić information content (AvgIpc) is 3.17. The second kappa shape index (κ2) is 7.11. The molecule has 1 saturated heterocycles. The summed E-state index contributed by atoms with van der Waals surface area (Å²) >= 11 is 0. The van der Waals surface area contributed by atoms with E-state index in [2.05, 4.69) is 41.0 Å². The SMILES string of the molecule is NCC#Cc1ccccc1CN1CCCC1C1CCCC1. The highest BCUT2D eigenvalue weighted by atomic mass is 15.2. The minimum Gasteiger partial charge on any atom is -0.320 e. The fraction of sp³-hybridized carbons (Fsp3) is 0.579. The Morgan fingerprint density at radius 1 is 1.10 bits per heavy atom. The number of likely N-dealkylation sites (tertiary alicyclic amines) is 1. The zero-order valence-electron chi connectivity index (χ0n) is 12.9. The number of benzene rings is 1. The van der Waals surface area contributed by atoms with E-state index >= 15 is 0 Å². The molecule has 2 N–H and O–H groups in total. The summed E-state index contributed by atoms with van der Waals surface area (Å²) < 4.78 is 0. The van der Waals surface area contributed by atoms with Crippen molar-refractivity contribution < 1.29 is 0 Å². The number of hydrogen-bond acceptors (Lipinski definition) is 2. The van der Waals surface area contributed by atoms with Gasteiger partial charge in [0, 0.05) is 18.2 Å². The van der Waals surface area contributed by atoms with E-state index in [1.54, 1.807) is 0 Å². The fourth-order valence-electron chi connectivity index (χ4n) is 4.07. The third kappa shape index (κ3) is 3.48. The van der Waals surface area contributed by atoms with E-state index in [-0.39, 0.29) is 0 Å². The Hall–Kier alpha value is -1.30. The van der Waals surface area contributed by atoms with Crippen LogP contribution in [0, 0.1) is 17.8 Å². The molecule has 0 amide bonds. The van der Waals surface area contributed by atoms with Gasteiger partial charge in [-0.05, 0) is 49.8 Å². The van der Waals surface area contributed by atoms with Crippen LogP contribution in [0.5, 0.6) is 0 Å². The van der Waals surface area contributed by atoms with Crippen molar-refractivity contribution >= 4 is 0 Å². The Balaban J connectivity index is 1.73. The molecule has 1 aromatic rings. The third-order valence-electron chi connectivity index (χ3n) is 5.07. The molecule has 1 saturated carbocycles. The van der Waals surface area contributed by atoms with Gasteiger partial charge in [0.05, 0.1) is 6.54 Å². The molecule has 2 aliphatic rings. The molecule has 1 aliphatic heterocycles. The monoisotopic (exact) mass is 282 g/mol. The molecule has 3 rings (SSSR count). The van der Waals surface area contributed by atoms with Crippen LogP contribution in [0.4, 0.5) is 0 Å². The molecule has 2 heteroatoms.